The Labute approximate surface area is 102 Å². The minimum atomic E-state index is -0.240. The minimum Gasteiger partial charge on any atom is -0.396 e. The number of methoxy groups -OCH3 is 1. The van der Waals surface area contributed by atoms with Gasteiger partial charge in [0.25, 0.3) is 0 Å². The SMILES string of the molecule is COC[C@@](C)(CCO)NCc1cnc(C)cn1. The molecule has 0 radical (unpaired) electrons. The Morgan fingerprint density at radius 2 is 2.18 bits per heavy atom. The van der Waals surface area contributed by atoms with Gasteiger partial charge in [0.05, 0.1) is 18.0 Å². The zero-order valence-corrected chi connectivity index (χ0v) is 10.7. The van der Waals surface area contributed by atoms with Gasteiger partial charge in [-0.25, -0.2) is 0 Å². The molecule has 0 unspecified atom stereocenters. The average Bonchev–Trinajstić information content (AvgIpc) is 2.29. The van der Waals surface area contributed by atoms with Crippen LogP contribution in [0.2, 0.25) is 0 Å². The Bertz CT molecular complexity index is 321. The van der Waals surface area contributed by atoms with E-state index >= 15 is 0 Å². The van der Waals surface area contributed by atoms with Gasteiger partial charge in [-0.05, 0) is 20.3 Å². The van der Waals surface area contributed by atoms with Crippen LogP contribution in [0, 0.1) is 6.92 Å². The smallest absolute Gasteiger partial charge is 0.0724 e. The fraction of sp³-hybridized carbons (Fsp3) is 0.667. The third-order valence-corrected chi connectivity index (χ3v) is 2.66. The number of hydrogen-bond acceptors (Lipinski definition) is 5. The predicted molar refractivity (Wildman–Crippen MR) is 65.6 cm³/mol. The van der Waals surface area contributed by atoms with Gasteiger partial charge in [0.1, 0.15) is 0 Å². The van der Waals surface area contributed by atoms with Crippen LogP contribution in [0.5, 0.6) is 0 Å². The Kier molecular flexibility index (Phi) is 5.47. The summed E-state index contributed by atoms with van der Waals surface area (Å²) >= 11 is 0. The molecular formula is C12H21N3O2. The van der Waals surface area contributed by atoms with Crippen molar-refractivity contribution in [2.45, 2.75) is 32.4 Å². The van der Waals surface area contributed by atoms with Crippen molar-refractivity contribution in [2.75, 3.05) is 20.3 Å². The maximum atomic E-state index is 9.04. The summed E-state index contributed by atoms with van der Waals surface area (Å²) in [5.41, 5.74) is 1.55. The van der Waals surface area contributed by atoms with Crippen molar-refractivity contribution in [3.05, 3.63) is 23.8 Å². The maximum Gasteiger partial charge on any atom is 0.0724 e. The van der Waals surface area contributed by atoms with Gasteiger partial charge < -0.3 is 15.2 Å². The number of rotatable bonds is 7. The number of aliphatic hydroxyl groups excluding tert-OH is 1. The molecule has 5 nitrogen and oxygen atoms in total. The Hall–Kier alpha value is -1.04. The largest absolute Gasteiger partial charge is 0.396 e. The van der Waals surface area contributed by atoms with Crippen molar-refractivity contribution in [3.8, 4) is 0 Å². The van der Waals surface area contributed by atoms with Gasteiger partial charge in [0, 0.05) is 38.2 Å². The summed E-state index contributed by atoms with van der Waals surface area (Å²) < 4.78 is 5.16. The van der Waals surface area contributed by atoms with Crippen LogP contribution in [0.25, 0.3) is 0 Å². The molecular weight excluding hydrogens is 218 g/mol. The molecule has 0 saturated carbocycles. The summed E-state index contributed by atoms with van der Waals surface area (Å²) in [6, 6.07) is 0. The molecule has 1 atom stereocenters. The van der Waals surface area contributed by atoms with Crippen molar-refractivity contribution in [1.29, 1.82) is 0 Å². The zero-order chi connectivity index (χ0) is 12.7. The molecule has 0 spiro atoms. The van der Waals surface area contributed by atoms with Crippen molar-refractivity contribution in [1.82, 2.24) is 15.3 Å². The molecule has 17 heavy (non-hydrogen) atoms. The molecule has 5 heteroatoms. The number of hydrogen-bond donors (Lipinski definition) is 2. The first-order valence-electron chi connectivity index (χ1n) is 5.72. The molecule has 0 aliphatic rings. The number of aliphatic hydroxyl groups is 1. The molecule has 0 fully saturated rings. The molecule has 0 aliphatic heterocycles. The van der Waals surface area contributed by atoms with Crippen molar-refractivity contribution < 1.29 is 9.84 Å². The Balaban J connectivity index is 2.54. The Morgan fingerprint density at radius 3 is 2.71 bits per heavy atom. The van der Waals surface area contributed by atoms with Gasteiger partial charge in [-0.3, -0.25) is 9.97 Å². The van der Waals surface area contributed by atoms with Crippen LogP contribution in [-0.4, -0.2) is 40.9 Å². The van der Waals surface area contributed by atoms with Gasteiger partial charge >= 0.3 is 0 Å². The van der Waals surface area contributed by atoms with E-state index < -0.39 is 0 Å². The third kappa shape index (κ3) is 4.77. The summed E-state index contributed by atoms with van der Waals surface area (Å²) in [4.78, 5) is 8.46. The third-order valence-electron chi connectivity index (χ3n) is 2.66. The van der Waals surface area contributed by atoms with E-state index in [1.54, 1.807) is 19.5 Å². The molecule has 2 N–H and O–H groups in total. The second-order valence-electron chi connectivity index (χ2n) is 4.47. The first kappa shape index (κ1) is 14.0. The zero-order valence-electron chi connectivity index (χ0n) is 10.7. The first-order valence-corrected chi connectivity index (χ1v) is 5.72. The average molecular weight is 239 g/mol. The van der Waals surface area contributed by atoms with Crippen LogP contribution in [0.15, 0.2) is 12.4 Å². The lowest BCUT2D eigenvalue weighted by Gasteiger charge is -2.29. The van der Waals surface area contributed by atoms with E-state index in [9.17, 15) is 0 Å². The molecule has 96 valence electrons. The van der Waals surface area contributed by atoms with Gasteiger partial charge in [-0.15, -0.1) is 0 Å². The first-order chi connectivity index (χ1) is 8.09. The summed E-state index contributed by atoms with van der Waals surface area (Å²) in [6.45, 7) is 5.23. The summed E-state index contributed by atoms with van der Waals surface area (Å²) in [5, 5.41) is 12.4. The second kappa shape index (κ2) is 6.64. The number of aromatic nitrogens is 2. The van der Waals surface area contributed by atoms with Crippen LogP contribution in [0.1, 0.15) is 24.7 Å². The van der Waals surface area contributed by atoms with Crippen LogP contribution in [-0.2, 0) is 11.3 Å². The number of aryl methyl sites for hydroxylation is 1. The summed E-state index contributed by atoms with van der Waals surface area (Å²) in [7, 11) is 1.66. The minimum absolute atomic E-state index is 0.131. The van der Waals surface area contributed by atoms with Gasteiger partial charge in [-0.1, -0.05) is 0 Å². The molecule has 1 aromatic rings. The molecule has 1 heterocycles. The van der Waals surface area contributed by atoms with E-state index in [0.717, 1.165) is 11.4 Å². The fourth-order valence-electron chi connectivity index (χ4n) is 1.59. The topological polar surface area (TPSA) is 67.3 Å². The van der Waals surface area contributed by atoms with Crippen LogP contribution < -0.4 is 5.32 Å². The summed E-state index contributed by atoms with van der Waals surface area (Å²) in [6.07, 6.45) is 4.14. The van der Waals surface area contributed by atoms with Crippen molar-refractivity contribution >= 4 is 0 Å². The quantitative estimate of drug-likeness (QED) is 0.731. The summed E-state index contributed by atoms with van der Waals surface area (Å²) in [5.74, 6) is 0. The number of ether oxygens (including phenoxy) is 1. The number of nitrogens with one attached hydrogen (secondary N) is 1. The lowest BCUT2D eigenvalue weighted by molar-refractivity contribution is 0.0967. The lowest BCUT2D eigenvalue weighted by atomic mass is 9.99. The highest BCUT2D eigenvalue weighted by atomic mass is 16.5. The normalized spacial score (nSPS) is 14.6. The maximum absolute atomic E-state index is 9.04. The molecule has 0 saturated heterocycles. The van der Waals surface area contributed by atoms with Gasteiger partial charge in [0.2, 0.25) is 0 Å². The predicted octanol–water partition coefficient (Wildman–Crippen LogP) is 0.662. The highest BCUT2D eigenvalue weighted by molar-refractivity contribution is 5.01. The molecule has 1 aromatic heterocycles. The standard InChI is InChI=1S/C12H21N3O2/c1-10-6-14-11(7-13-10)8-15-12(2,4-5-16)9-17-3/h6-7,15-16H,4-5,8-9H2,1-3H3/t12-/m1/s1. The molecule has 0 aromatic carbocycles. The van der Waals surface area contributed by atoms with E-state index in [0.29, 0.717) is 19.6 Å². The van der Waals surface area contributed by atoms with E-state index in [4.69, 9.17) is 9.84 Å². The monoisotopic (exact) mass is 239 g/mol. The van der Waals surface area contributed by atoms with E-state index in [-0.39, 0.29) is 12.1 Å². The molecule has 0 bridgehead atoms. The van der Waals surface area contributed by atoms with Gasteiger partial charge in [-0.2, -0.15) is 0 Å². The highest BCUT2D eigenvalue weighted by Gasteiger charge is 2.22. The molecule has 0 aliphatic carbocycles. The fourth-order valence-corrected chi connectivity index (χ4v) is 1.59. The van der Waals surface area contributed by atoms with Gasteiger partial charge in [0.15, 0.2) is 0 Å². The van der Waals surface area contributed by atoms with Crippen LogP contribution in [0.4, 0.5) is 0 Å². The van der Waals surface area contributed by atoms with Crippen LogP contribution >= 0.6 is 0 Å². The molecule has 1 rings (SSSR count). The lowest BCUT2D eigenvalue weighted by Crippen LogP contribution is -2.46. The van der Waals surface area contributed by atoms with E-state index in [2.05, 4.69) is 15.3 Å². The van der Waals surface area contributed by atoms with Crippen LogP contribution in [0.3, 0.4) is 0 Å². The van der Waals surface area contributed by atoms with Crippen molar-refractivity contribution in [3.63, 3.8) is 0 Å². The van der Waals surface area contributed by atoms with E-state index in [1.165, 1.54) is 0 Å². The Morgan fingerprint density at radius 1 is 1.41 bits per heavy atom. The molecule has 0 amide bonds. The number of nitrogens with zero attached hydrogens (tertiary/aromatic N) is 2. The second-order valence-corrected chi connectivity index (χ2v) is 4.47. The van der Waals surface area contributed by atoms with E-state index in [1.807, 2.05) is 13.8 Å². The highest BCUT2D eigenvalue weighted by Crippen LogP contribution is 2.10. The van der Waals surface area contributed by atoms with Crippen molar-refractivity contribution in [2.24, 2.45) is 0 Å².